The minimum atomic E-state index is -0.406. The van der Waals surface area contributed by atoms with E-state index in [2.05, 4.69) is 20.9 Å². The summed E-state index contributed by atoms with van der Waals surface area (Å²) < 4.78 is 15.4. The number of aromatic nitrogens is 2. The number of imidazole rings is 1. The van der Waals surface area contributed by atoms with Crippen LogP contribution in [0.1, 0.15) is 21.7 Å². The summed E-state index contributed by atoms with van der Waals surface area (Å²) >= 11 is 0. The number of benzene rings is 2. The standard InChI is InChI=1S/C20H22FN5O2/c1-12-4-6-15(21)11-16(12)25-19(27)14-5-7-18-17(10-14)24-13(2)26(18)9-8-23-20(28)22-3/h4-7,10-11H,8-9H2,1-3H3,(H,25,27)(H2,22,23,28). The molecule has 0 atom stereocenters. The molecule has 0 saturated heterocycles. The zero-order chi connectivity index (χ0) is 20.3. The van der Waals surface area contributed by atoms with Crippen molar-refractivity contribution in [2.24, 2.45) is 0 Å². The van der Waals surface area contributed by atoms with Crippen LogP contribution in [-0.4, -0.2) is 35.1 Å². The summed E-state index contributed by atoms with van der Waals surface area (Å²) in [6.45, 7) is 4.68. The number of urea groups is 1. The Bertz CT molecular complexity index is 1040. The molecular weight excluding hydrogens is 361 g/mol. The second-order valence-electron chi connectivity index (χ2n) is 6.43. The van der Waals surface area contributed by atoms with E-state index < -0.39 is 5.82 Å². The molecule has 2 aromatic carbocycles. The third-order valence-corrected chi connectivity index (χ3v) is 4.50. The monoisotopic (exact) mass is 383 g/mol. The normalized spacial score (nSPS) is 10.7. The van der Waals surface area contributed by atoms with Crippen LogP contribution in [0.4, 0.5) is 14.9 Å². The van der Waals surface area contributed by atoms with E-state index >= 15 is 0 Å². The van der Waals surface area contributed by atoms with Gasteiger partial charge in [-0.05, 0) is 49.7 Å². The van der Waals surface area contributed by atoms with Gasteiger partial charge in [0.05, 0.1) is 11.0 Å². The predicted octanol–water partition coefficient (Wildman–Crippen LogP) is 2.97. The molecule has 0 unspecified atom stereocenters. The highest BCUT2D eigenvalue weighted by Gasteiger charge is 2.13. The molecule has 0 fully saturated rings. The van der Waals surface area contributed by atoms with E-state index in [1.807, 2.05) is 17.6 Å². The van der Waals surface area contributed by atoms with Crippen LogP contribution in [0.2, 0.25) is 0 Å². The lowest BCUT2D eigenvalue weighted by atomic mass is 10.1. The lowest BCUT2D eigenvalue weighted by molar-refractivity contribution is 0.102. The Morgan fingerprint density at radius 1 is 1.14 bits per heavy atom. The molecule has 3 amide bonds. The number of hydrogen-bond donors (Lipinski definition) is 3. The molecule has 8 heteroatoms. The number of nitrogens with one attached hydrogen (secondary N) is 3. The Balaban J connectivity index is 1.79. The van der Waals surface area contributed by atoms with Crippen LogP contribution in [0.3, 0.4) is 0 Å². The van der Waals surface area contributed by atoms with Gasteiger partial charge in [0.15, 0.2) is 0 Å². The summed E-state index contributed by atoms with van der Waals surface area (Å²) in [5.41, 5.74) is 3.20. The molecule has 3 aromatic rings. The van der Waals surface area contributed by atoms with Crippen molar-refractivity contribution in [3.8, 4) is 0 Å². The molecule has 3 rings (SSSR count). The van der Waals surface area contributed by atoms with E-state index in [9.17, 15) is 14.0 Å². The number of amides is 3. The second-order valence-corrected chi connectivity index (χ2v) is 6.43. The Kier molecular flexibility index (Phi) is 5.58. The van der Waals surface area contributed by atoms with E-state index in [4.69, 9.17) is 0 Å². The zero-order valence-corrected chi connectivity index (χ0v) is 16.0. The number of aryl methyl sites for hydroxylation is 2. The average molecular weight is 383 g/mol. The van der Waals surface area contributed by atoms with E-state index in [0.717, 1.165) is 16.9 Å². The minimum absolute atomic E-state index is 0.242. The topological polar surface area (TPSA) is 88.1 Å². The molecule has 146 valence electrons. The maximum atomic E-state index is 13.4. The van der Waals surface area contributed by atoms with E-state index in [-0.39, 0.29) is 11.9 Å². The maximum absolute atomic E-state index is 13.4. The van der Waals surface area contributed by atoms with Crippen molar-refractivity contribution < 1.29 is 14.0 Å². The van der Waals surface area contributed by atoms with Crippen LogP contribution in [0.5, 0.6) is 0 Å². The number of rotatable bonds is 5. The van der Waals surface area contributed by atoms with Crippen molar-refractivity contribution >= 4 is 28.7 Å². The first-order valence-electron chi connectivity index (χ1n) is 8.89. The molecule has 0 aliphatic heterocycles. The number of fused-ring (bicyclic) bond motifs is 1. The summed E-state index contributed by atoms with van der Waals surface area (Å²) in [5, 5.41) is 7.98. The van der Waals surface area contributed by atoms with Crippen molar-refractivity contribution in [2.45, 2.75) is 20.4 Å². The van der Waals surface area contributed by atoms with Gasteiger partial charge < -0.3 is 20.5 Å². The van der Waals surface area contributed by atoms with Gasteiger partial charge in [0.1, 0.15) is 11.6 Å². The lowest BCUT2D eigenvalue weighted by Gasteiger charge is -2.10. The number of carbonyl (C=O) groups excluding carboxylic acids is 2. The first-order valence-corrected chi connectivity index (χ1v) is 8.89. The Morgan fingerprint density at radius 3 is 2.68 bits per heavy atom. The Morgan fingerprint density at radius 2 is 1.93 bits per heavy atom. The van der Waals surface area contributed by atoms with Crippen LogP contribution in [0, 0.1) is 19.7 Å². The first kappa shape index (κ1) is 19.3. The molecule has 0 radical (unpaired) electrons. The second kappa shape index (κ2) is 8.08. The van der Waals surface area contributed by atoms with Gasteiger partial charge in [-0.1, -0.05) is 6.07 Å². The fourth-order valence-corrected chi connectivity index (χ4v) is 2.97. The Labute approximate surface area is 162 Å². The van der Waals surface area contributed by atoms with Crippen LogP contribution in [-0.2, 0) is 6.54 Å². The molecule has 0 aliphatic carbocycles. The van der Waals surface area contributed by atoms with Crippen LogP contribution in [0.15, 0.2) is 36.4 Å². The molecule has 28 heavy (non-hydrogen) atoms. The molecule has 0 aliphatic rings. The molecule has 1 heterocycles. The number of anilines is 1. The van der Waals surface area contributed by atoms with Gasteiger partial charge in [0, 0.05) is 31.4 Å². The molecular formula is C20H22FN5O2. The first-order chi connectivity index (χ1) is 13.4. The van der Waals surface area contributed by atoms with Crippen LogP contribution >= 0.6 is 0 Å². The smallest absolute Gasteiger partial charge is 0.314 e. The van der Waals surface area contributed by atoms with Gasteiger partial charge in [-0.3, -0.25) is 4.79 Å². The number of halogens is 1. The minimum Gasteiger partial charge on any atom is -0.341 e. The zero-order valence-electron chi connectivity index (χ0n) is 16.0. The van der Waals surface area contributed by atoms with Gasteiger partial charge in [-0.2, -0.15) is 0 Å². The molecule has 1 aromatic heterocycles. The van der Waals surface area contributed by atoms with Crippen molar-refractivity contribution in [1.82, 2.24) is 20.2 Å². The van der Waals surface area contributed by atoms with Gasteiger partial charge in [-0.15, -0.1) is 0 Å². The molecule has 3 N–H and O–H groups in total. The number of nitrogens with zero attached hydrogens (tertiary/aromatic N) is 2. The average Bonchev–Trinajstić information content (AvgIpc) is 2.99. The van der Waals surface area contributed by atoms with Gasteiger partial charge >= 0.3 is 6.03 Å². The summed E-state index contributed by atoms with van der Waals surface area (Å²) in [4.78, 5) is 28.4. The third-order valence-electron chi connectivity index (χ3n) is 4.50. The molecule has 0 spiro atoms. The highest BCUT2D eigenvalue weighted by Crippen LogP contribution is 2.20. The highest BCUT2D eigenvalue weighted by molar-refractivity contribution is 6.06. The quantitative estimate of drug-likeness (QED) is 0.633. The molecule has 0 saturated carbocycles. The van der Waals surface area contributed by atoms with E-state index in [1.54, 1.807) is 32.2 Å². The SMILES string of the molecule is CNC(=O)NCCn1c(C)nc2cc(C(=O)Nc3cc(F)ccc3C)ccc21. The molecule has 0 bridgehead atoms. The lowest BCUT2D eigenvalue weighted by Crippen LogP contribution is -2.34. The molecule has 7 nitrogen and oxygen atoms in total. The van der Waals surface area contributed by atoms with Crippen molar-refractivity contribution in [3.63, 3.8) is 0 Å². The highest BCUT2D eigenvalue weighted by atomic mass is 19.1. The summed E-state index contributed by atoms with van der Waals surface area (Å²) in [6, 6.07) is 9.25. The maximum Gasteiger partial charge on any atom is 0.314 e. The van der Waals surface area contributed by atoms with Crippen molar-refractivity contribution in [2.75, 3.05) is 18.9 Å². The summed E-state index contributed by atoms with van der Waals surface area (Å²) in [7, 11) is 1.56. The number of hydrogen-bond acceptors (Lipinski definition) is 3. The Hall–Kier alpha value is -3.42. The number of carbonyl (C=O) groups is 2. The summed E-state index contributed by atoms with van der Waals surface area (Å²) in [6.07, 6.45) is 0. The van der Waals surface area contributed by atoms with E-state index in [1.165, 1.54) is 12.1 Å². The largest absolute Gasteiger partial charge is 0.341 e. The van der Waals surface area contributed by atoms with Gasteiger partial charge in [-0.25, -0.2) is 14.2 Å². The van der Waals surface area contributed by atoms with Gasteiger partial charge in [0.25, 0.3) is 5.91 Å². The summed E-state index contributed by atoms with van der Waals surface area (Å²) in [5.74, 6) is 0.0485. The van der Waals surface area contributed by atoms with Gasteiger partial charge in [0.2, 0.25) is 0 Å². The third kappa shape index (κ3) is 4.11. The van der Waals surface area contributed by atoms with Crippen LogP contribution in [0.25, 0.3) is 11.0 Å². The predicted molar refractivity (Wildman–Crippen MR) is 106 cm³/mol. The van der Waals surface area contributed by atoms with Crippen molar-refractivity contribution in [3.05, 3.63) is 59.2 Å². The van der Waals surface area contributed by atoms with E-state index in [0.29, 0.717) is 29.9 Å². The van der Waals surface area contributed by atoms with Crippen LogP contribution < -0.4 is 16.0 Å². The van der Waals surface area contributed by atoms with Crippen molar-refractivity contribution in [1.29, 1.82) is 0 Å². The fraction of sp³-hybridized carbons (Fsp3) is 0.250. The fourth-order valence-electron chi connectivity index (χ4n) is 2.97.